The van der Waals surface area contributed by atoms with Crippen LogP contribution >= 0.6 is 0 Å². The van der Waals surface area contributed by atoms with Gasteiger partial charge in [0.1, 0.15) is 5.69 Å². The number of hydrogen-bond acceptors (Lipinski definition) is 4. The van der Waals surface area contributed by atoms with E-state index in [9.17, 15) is 13.2 Å². The predicted octanol–water partition coefficient (Wildman–Crippen LogP) is 1.29. The van der Waals surface area contributed by atoms with Crippen molar-refractivity contribution >= 4 is 21.6 Å². The highest BCUT2D eigenvalue weighted by molar-refractivity contribution is 7.89. The number of primary sulfonamides is 1. The molecule has 0 unspecified atom stereocenters. The smallest absolute Gasteiger partial charge is 0.274 e. The molecule has 1 amide bonds. The van der Waals surface area contributed by atoms with Gasteiger partial charge < -0.3 is 5.32 Å². The molecule has 1 aromatic heterocycles. The van der Waals surface area contributed by atoms with Gasteiger partial charge in [-0.15, -0.1) is 0 Å². The van der Waals surface area contributed by atoms with E-state index in [2.05, 4.69) is 10.3 Å². The van der Waals surface area contributed by atoms with E-state index in [1.165, 1.54) is 24.4 Å². The van der Waals surface area contributed by atoms with Crippen LogP contribution in [0, 0.1) is 6.92 Å². The molecule has 1 aromatic carbocycles. The molecule has 0 atom stereocenters. The summed E-state index contributed by atoms with van der Waals surface area (Å²) < 4.78 is 22.5. The lowest BCUT2D eigenvalue weighted by molar-refractivity contribution is 0.102. The number of nitrogens with zero attached hydrogens (tertiary/aromatic N) is 1. The lowest BCUT2D eigenvalue weighted by atomic mass is 10.2. The number of amides is 1. The molecule has 0 aliphatic heterocycles. The van der Waals surface area contributed by atoms with Crippen LogP contribution in [0.4, 0.5) is 5.69 Å². The molecule has 3 N–H and O–H groups in total. The number of hydrogen-bond donors (Lipinski definition) is 2. The summed E-state index contributed by atoms with van der Waals surface area (Å²) in [6.45, 7) is 1.77. The molecule has 0 aliphatic carbocycles. The Bertz CT molecular complexity index is 757. The molecule has 6 nitrogen and oxygen atoms in total. The fraction of sp³-hybridized carbons (Fsp3) is 0.0769. The van der Waals surface area contributed by atoms with Crippen molar-refractivity contribution in [2.45, 2.75) is 11.8 Å². The van der Waals surface area contributed by atoms with Crippen molar-refractivity contribution in [3.8, 4) is 0 Å². The molecular weight excluding hydrogens is 278 g/mol. The quantitative estimate of drug-likeness (QED) is 0.889. The number of sulfonamides is 1. The molecule has 0 aliphatic rings. The largest absolute Gasteiger partial charge is 0.321 e. The number of nitrogens with two attached hydrogens (primary N) is 1. The second kappa shape index (κ2) is 5.40. The molecule has 0 fully saturated rings. The van der Waals surface area contributed by atoms with Gasteiger partial charge in [0, 0.05) is 11.9 Å². The van der Waals surface area contributed by atoms with E-state index in [1.54, 1.807) is 25.1 Å². The second-order valence-corrected chi connectivity index (χ2v) is 5.76. The van der Waals surface area contributed by atoms with Gasteiger partial charge in [-0.2, -0.15) is 0 Å². The van der Waals surface area contributed by atoms with E-state index in [0.29, 0.717) is 5.69 Å². The van der Waals surface area contributed by atoms with Crippen LogP contribution in [-0.2, 0) is 10.0 Å². The molecule has 0 bridgehead atoms. The molecule has 0 saturated carbocycles. The molecule has 0 spiro atoms. The predicted molar refractivity (Wildman–Crippen MR) is 74.7 cm³/mol. The third kappa shape index (κ3) is 3.19. The zero-order valence-corrected chi connectivity index (χ0v) is 11.5. The Balaban J connectivity index is 2.27. The number of aryl methyl sites for hydroxylation is 1. The molecular formula is C13H13N3O3S. The summed E-state index contributed by atoms with van der Waals surface area (Å²) in [5.41, 5.74) is 1.35. The molecule has 2 rings (SSSR count). The normalized spacial score (nSPS) is 11.1. The van der Waals surface area contributed by atoms with Gasteiger partial charge >= 0.3 is 0 Å². The zero-order valence-electron chi connectivity index (χ0n) is 10.7. The average molecular weight is 291 g/mol. The van der Waals surface area contributed by atoms with E-state index < -0.39 is 15.9 Å². The molecule has 2 aromatic rings. The van der Waals surface area contributed by atoms with Gasteiger partial charge in [-0.05, 0) is 36.8 Å². The maximum absolute atomic E-state index is 12.0. The number of aromatic nitrogens is 1. The van der Waals surface area contributed by atoms with Crippen LogP contribution in [0.15, 0.2) is 47.5 Å². The number of pyridine rings is 1. The van der Waals surface area contributed by atoms with Crippen LogP contribution in [0.1, 0.15) is 16.1 Å². The SMILES string of the molecule is Cc1cccnc1C(=O)Nc1cccc(S(N)(=O)=O)c1. The minimum absolute atomic E-state index is 0.0620. The Labute approximate surface area is 116 Å². The summed E-state index contributed by atoms with van der Waals surface area (Å²) in [4.78, 5) is 16.0. The Morgan fingerprint density at radius 3 is 2.65 bits per heavy atom. The van der Waals surface area contributed by atoms with E-state index in [4.69, 9.17) is 5.14 Å². The minimum atomic E-state index is -3.80. The standard InChI is InChI=1S/C13H13N3O3S/c1-9-4-3-7-15-12(9)13(17)16-10-5-2-6-11(8-10)20(14,18)19/h2-8H,1H3,(H,16,17)(H2,14,18,19). The second-order valence-electron chi connectivity index (χ2n) is 4.20. The van der Waals surface area contributed by atoms with E-state index in [1.807, 2.05) is 0 Å². The van der Waals surface area contributed by atoms with Gasteiger partial charge in [0.25, 0.3) is 5.91 Å². The van der Waals surface area contributed by atoms with Crippen molar-refractivity contribution in [2.75, 3.05) is 5.32 Å². The first-order valence-electron chi connectivity index (χ1n) is 5.74. The molecule has 7 heteroatoms. The molecule has 0 saturated heterocycles. The van der Waals surface area contributed by atoms with Crippen LogP contribution in [0.2, 0.25) is 0 Å². The fourth-order valence-corrected chi connectivity index (χ4v) is 2.22. The van der Waals surface area contributed by atoms with Crippen LogP contribution in [0.5, 0.6) is 0 Å². The zero-order chi connectivity index (χ0) is 14.8. The van der Waals surface area contributed by atoms with Gasteiger partial charge in [-0.3, -0.25) is 9.78 Å². The van der Waals surface area contributed by atoms with Crippen LogP contribution in [0.25, 0.3) is 0 Å². The van der Waals surface area contributed by atoms with E-state index >= 15 is 0 Å². The highest BCUT2D eigenvalue weighted by Crippen LogP contribution is 2.15. The Morgan fingerprint density at radius 1 is 1.25 bits per heavy atom. The molecule has 20 heavy (non-hydrogen) atoms. The van der Waals surface area contributed by atoms with Gasteiger partial charge in [-0.1, -0.05) is 12.1 Å². The first kappa shape index (κ1) is 14.2. The number of nitrogens with one attached hydrogen (secondary N) is 1. The van der Waals surface area contributed by atoms with Crippen molar-refractivity contribution in [2.24, 2.45) is 5.14 Å². The van der Waals surface area contributed by atoms with Crippen molar-refractivity contribution in [3.05, 3.63) is 53.9 Å². The highest BCUT2D eigenvalue weighted by Gasteiger charge is 2.12. The van der Waals surface area contributed by atoms with Crippen LogP contribution in [0.3, 0.4) is 0 Å². The number of carbonyl (C=O) groups excluding carboxylic acids is 1. The first-order valence-corrected chi connectivity index (χ1v) is 7.28. The van der Waals surface area contributed by atoms with Crippen molar-refractivity contribution in [3.63, 3.8) is 0 Å². The maximum atomic E-state index is 12.0. The summed E-state index contributed by atoms with van der Waals surface area (Å²) in [6, 6.07) is 9.23. The minimum Gasteiger partial charge on any atom is -0.321 e. The van der Waals surface area contributed by atoms with Crippen molar-refractivity contribution in [1.29, 1.82) is 0 Å². The van der Waals surface area contributed by atoms with Gasteiger partial charge in [0.2, 0.25) is 10.0 Å². The molecule has 0 radical (unpaired) electrons. The van der Waals surface area contributed by atoms with Crippen LogP contribution in [-0.4, -0.2) is 19.3 Å². The van der Waals surface area contributed by atoms with Gasteiger partial charge in [-0.25, -0.2) is 13.6 Å². The Kier molecular flexibility index (Phi) is 3.82. The average Bonchev–Trinajstić information content (AvgIpc) is 2.38. The Hall–Kier alpha value is -2.25. The first-order chi connectivity index (χ1) is 9.38. The topological polar surface area (TPSA) is 102 Å². The third-order valence-electron chi connectivity index (χ3n) is 2.64. The lowest BCUT2D eigenvalue weighted by Crippen LogP contribution is -2.16. The molecule has 104 valence electrons. The maximum Gasteiger partial charge on any atom is 0.274 e. The van der Waals surface area contributed by atoms with Gasteiger partial charge in [0.15, 0.2) is 0 Å². The summed E-state index contributed by atoms with van der Waals surface area (Å²) in [6.07, 6.45) is 1.52. The highest BCUT2D eigenvalue weighted by atomic mass is 32.2. The number of carbonyl (C=O) groups is 1. The van der Waals surface area contributed by atoms with E-state index in [-0.39, 0.29) is 10.6 Å². The van der Waals surface area contributed by atoms with Gasteiger partial charge in [0.05, 0.1) is 4.90 Å². The number of benzene rings is 1. The summed E-state index contributed by atoms with van der Waals surface area (Å²) in [5, 5.41) is 7.63. The molecule has 1 heterocycles. The van der Waals surface area contributed by atoms with Crippen LogP contribution < -0.4 is 10.5 Å². The summed E-state index contributed by atoms with van der Waals surface area (Å²) in [5.74, 6) is -0.408. The summed E-state index contributed by atoms with van der Waals surface area (Å²) >= 11 is 0. The van der Waals surface area contributed by atoms with Crippen molar-refractivity contribution < 1.29 is 13.2 Å². The fourth-order valence-electron chi connectivity index (χ4n) is 1.66. The number of rotatable bonds is 3. The number of anilines is 1. The van der Waals surface area contributed by atoms with E-state index in [0.717, 1.165) is 5.56 Å². The van der Waals surface area contributed by atoms with Crippen molar-refractivity contribution in [1.82, 2.24) is 4.98 Å². The Morgan fingerprint density at radius 2 is 2.00 bits per heavy atom. The lowest BCUT2D eigenvalue weighted by Gasteiger charge is -2.07. The third-order valence-corrected chi connectivity index (χ3v) is 3.56. The summed E-state index contributed by atoms with van der Waals surface area (Å²) in [7, 11) is -3.80. The monoisotopic (exact) mass is 291 g/mol.